The van der Waals surface area contributed by atoms with Crippen molar-refractivity contribution in [1.82, 2.24) is 10.2 Å². The first-order valence-electron chi connectivity index (χ1n) is 10.2. The first-order valence-corrected chi connectivity index (χ1v) is 10.6. The van der Waals surface area contributed by atoms with Crippen LogP contribution in [-0.2, 0) is 6.54 Å². The number of hydrogen-bond acceptors (Lipinski definition) is 6. The molecule has 0 aliphatic carbocycles. The number of anilines is 1. The molecule has 0 aliphatic rings. The van der Waals surface area contributed by atoms with Gasteiger partial charge in [0.05, 0.1) is 37.6 Å². The van der Waals surface area contributed by atoms with E-state index in [0.717, 1.165) is 22.0 Å². The van der Waals surface area contributed by atoms with E-state index >= 15 is 0 Å². The van der Waals surface area contributed by atoms with Crippen molar-refractivity contribution in [3.63, 3.8) is 0 Å². The molecule has 1 N–H and O–H groups in total. The molecule has 0 aliphatic heterocycles. The van der Waals surface area contributed by atoms with E-state index in [-0.39, 0.29) is 5.02 Å². The second kappa shape index (κ2) is 9.50. The van der Waals surface area contributed by atoms with Gasteiger partial charge in [-0.25, -0.2) is 4.39 Å². The Bertz CT molecular complexity index is 1330. The van der Waals surface area contributed by atoms with Gasteiger partial charge in [-0.15, -0.1) is 5.10 Å². The van der Waals surface area contributed by atoms with E-state index in [1.165, 1.54) is 13.2 Å². The average molecular weight is 468 g/mol. The number of methoxy groups -OCH3 is 3. The Morgan fingerprint density at radius 2 is 1.67 bits per heavy atom. The topological polar surface area (TPSA) is 65.5 Å². The third kappa shape index (κ3) is 4.36. The van der Waals surface area contributed by atoms with Gasteiger partial charge in [0.25, 0.3) is 0 Å². The van der Waals surface area contributed by atoms with Crippen LogP contribution in [0.25, 0.3) is 21.9 Å². The number of fused-ring (bicyclic) bond motifs is 1. The van der Waals surface area contributed by atoms with Crippen LogP contribution in [0.2, 0.25) is 5.02 Å². The van der Waals surface area contributed by atoms with E-state index in [0.29, 0.717) is 40.7 Å². The minimum Gasteiger partial charge on any atom is -0.497 e. The summed E-state index contributed by atoms with van der Waals surface area (Å²) in [6.07, 6.45) is 0. The standard InChI is InChI=1S/C25H23ClFN3O3/c1-14-19-11-15(23-21(32-3)10-9-20(26)24(23)27)6-8-18(19)25(30-29-14)28-13-16-5-7-17(31-2)12-22(16)33-4/h5-12H,13H2,1-4H3,(H,28,30). The second-order valence-corrected chi connectivity index (χ2v) is 7.77. The highest BCUT2D eigenvalue weighted by Crippen LogP contribution is 2.38. The van der Waals surface area contributed by atoms with Gasteiger partial charge < -0.3 is 19.5 Å². The maximum Gasteiger partial charge on any atom is 0.156 e. The van der Waals surface area contributed by atoms with Crippen molar-refractivity contribution in [2.45, 2.75) is 13.5 Å². The number of nitrogens with one attached hydrogen (secondary N) is 1. The second-order valence-electron chi connectivity index (χ2n) is 7.36. The minimum absolute atomic E-state index is 0.0336. The molecule has 1 aromatic heterocycles. The fourth-order valence-corrected chi connectivity index (χ4v) is 3.88. The van der Waals surface area contributed by atoms with Crippen LogP contribution in [0.1, 0.15) is 11.3 Å². The Morgan fingerprint density at radius 3 is 2.39 bits per heavy atom. The number of benzene rings is 3. The predicted molar refractivity (Wildman–Crippen MR) is 128 cm³/mol. The minimum atomic E-state index is -0.528. The molecule has 0 radical (unpaired) electrons. The number of aryl methyl sites for hydroxylation is 1. The maximum atomic E-state index is 14.9. The first-order chi connectivity index (χ1) is 16.0. The zero-order valence-electron chi connectivity index (χ0n) is 18.7. The maximum absolute atomic E-state index is 14.9. The van der Waals surface area contributed by atoms with Crippen molar-refractivity contribution in [2.24, 2.45) is 0 Å². The van der Waals surface area contributed by atoms with Gasteiger partial charge in [-0.2, -0.15) is 5.10 Å². The Kier molecular flexibility index (Phi) is 6.51. The summed E-state index contributed by atoms with van der Waals surface area (Å²) < 4.78 is 31.0. The monoisotopic (exact) mass is 467 g/mol. The Balaban J connectivity index is 1.72. The lowest BCUT2D eigenvalue weighted by Crippen LogP contribution is -2.06. The quantitative estimate of drug-likeness (QED) is 0.357. The lowest BCUT2D eigenvalue weighted by atomic mass is 9.99. The van der Waals surface area contributed by atoms with Crippen LogP contribution in [0, 0.1) is 12.7 Å². The molecule has 0 unspecified atom stereocenters. The molecule has 8 heteroatoms. The normalized spacial score (nSPS) is 10.8. The SMILES string of the molecule is COc1ccc(CNc2nnc(C)c3cc(-c4c(OC)ccc(Cl)c4F)ccc23)c(OC)c1. The number of nitrogens with zero attached hydrogens (tertiary/aromatic N) is 2. The lowest BCUT2D eigenvalue weighted by molar-refractivity contribution is 0.391. The Hall–Kier alpha value is -3.58. The summed E-state index contributed by atoms with van der Waals surface area (Å²) in [7, 11) is 4.73. The largest absolute Gasteiger partial charge is 0.497 e. The zero-order chi connectivity index (χ0) is 23.5. The summed E-state index contributed by atoms with van der Waals surface area (Å²) in [6.45, 7) is 2.33. The van der Waals surface area contributed by atoms with Crippen LogP contribution in [0.5, 0.6) is 17.2 Å². The first kappa shape index (κ1) is 22.6. The molecule has 0 fully saturated rings. The Labute approximate surface area is 196 Å². The predicted octanol–water partition coefficient (Wildman–Crippen LogP) is 6.04. The molecular formula is C25H23ClFN3O3. The fraction of sp³-hybridized carbons (Fsp3) is 0.200. The number of ether oxygens (including phenoxy) is 3. The zero-order valence-corrected chi connectivity index (χ0v) is 19.5. The summed E-state index contributed by atoms with van der Waals surface area (Å²) in [4.78, 5) is 0. The molecule has 6 nitrogen and oxygen atoms in total. The van der Waals surface area contributed by atoms with Crippen molar-refractivity contribution in [1.29, 1.82) is 0 Å². The molecule has 0 amide bonds. The molecule has 4 aromatic rings. The molecular weight excluding hydrogens is 445 g/mol. The number of hydrogen-bond donors (Lipinski definition) is 1. The van der Waals surface area contributed by atoms with Gasteiger partial charge in [0.15, 0.2) is 11.6 Å². The van der Waals surface area contributed by atoms with Gasteiger partial charge in [-0.3, -0.25) is 0 Å². The molecule has 170 valence electrons. The van der Waals surface area contributed by atoms with Crippen LogP contribution >= 0.6 is 11.6 Å². The fourth-order valence-electron chi connectivity index (χ4n) is 3.72. The molecule has 0 bridgehead atoms. The van der Waals surface area contributed by atoms with E-state index in [1.807, 2.05) is 43.3 Å². The van der Waals surface area contributed by atoms with Gasteiger partial charge >= 0.3 is 0 Å². The highest BCUT2D eigenvalue weighted by molar-refractivity contribution is 6.31. The average Bonchev–Trinajstić information content (AvgIpc) is 2.85. The third-order valence-corrected chi connectivity index (χ3v) is 5.76. The van der Waals surface area contributed by atoms with E-state index in [4.69, 9.17) is 25.8 Å². The van der Waals surface area contributed by atoms with Gasteiger partial charge in [0.2, 0.25) is 0 Å². The van der Waals surface area contributed by atoms with Crippen LogP contribution in [0.3, 0.4) is 0 Å². The summed E-state index contributed by atoms with van der Waals surface area (Å²) in [5, 5.41) is 13.7. The highest BCUT2D eigenvalue weighted by atomic mass is 35.5. The van der Waals surface area contributed by atoms with Crippen LogP contribution in [-0.4, -0.2) is 31.5 Å². The van der Waals surface area contributed by atoms with E-state index in [9.17, 15) is 4.39 Å². The molecule has 3 aromatic carbocycles. The highest BCUT2D eigenvalue weighted by Gasteiger charge is 2.17. The van der Waals surface area contributed by atoms with Crippen LogP contribution < -0.4 is 19.5 Å². The smallest absolute Gasteiger partial charge is 0.156 e. The van der Waals surface area contributed by atoms with Crippen LogP contribution in [0.4, 0.5) is 10.2 Å². The van der Waals surface area contributed by atoms with Crippen molar-refractivity contribution in [3.05, 3.63) is 70.6 Å². The summed E-state index contributed by atoms with van der Waals surface area (Å²) in [5.41, 5.74) is 2.61. The lowest BCUT2D eigenvalue weighted by Gasteiger charge is -2.15. The molecule has 0 atom stereocenters. The number of halogens is 2. The van der Waals surface area contributed by atoms with Gasteiger partial charge in [-0.05, 0) is 48.9 Å². The summed E-state index contributed by atoms with van der Waals surface area (Å²) in [5.74, 6) is 1.91. The molecule has 1 heterocycles. The summed E-state index contributed by atoms with van der Waals surface area (Å²) >= 11 is 6.03. The van der Waals surface area contributed by atoms with E-state index in [2.05, 4.69) is 15.5 Å². The van der Waals surface area contributed by atoms with E-state index in [1.54, 1.807) is 20.3 Å². The van der Waals surface area contributed by atoms with Gasteiger partial charge in [0.1, 0.15) is 17.2 Å². The summed E-state index contributed by atoms with van der Waals surface area (Å²) in [6, 6.07) is 14.3. The third-order valence-electron chi connectivity index (χ3n) is 5.47. The molecule has 0 saturated heterocycles. The molecule has 4 rings (SSSR count). The molecule has 0 spiro atoms. The van der Waals surface area contributed by atoms with Crippen molar-refractivity contribution in [3.8, 4) is 28.4 Å². The van der Waals surface area contributed by atoms with E-state index < -0.39 is 5.82 Å². The Morgan fingerprint density at radius 1 is 0.879 bits per heavy atom. The van der Waals surface area contributed by atoms with Crippen molar-refractivity contribution >= 4 is 28.2 Å². The number of rotatable bonds is 7. The molecule has 33 heavy (non-hydrogen) atoms. The van der Waals surface area contributed by atoms with Crippen LogP contribution in [0.15, 0.2) is 48.5 Å². The molecule has 0 saturated carbocycles. The van der Waals surface area contributed by atoms with Gasteiger partial charge in [0, 0.05) is 28.9 Å². The number of aromatic nitrogens is 2. The van der Waals surface area contributed by atoms with Crippen molar-refractivity contribution < 1.29 is 18.6 Å². The van der Waals surface area contributed by atoms with Crippen molar-refractivity contribution in [2.75, 3.05) is 26.6 Å². The van der Waals surface area contributed by atoms with Gasteiger partial charge in [-0.1, -0.05) is 17.7 Å².